The number of hydrogen-bond acceptors (Lipinski definition) is 5. The summed E-state index contributed by atoms with van der Waals surface area (Å²) in [5, 5.41) is 3.44. The van der Waals surface area contributed by atoms with E-state index in [4.69, 9.17) is 32.7 Å². The molecule has 0 spiro atoms. The molecule has 2 aromatic rings. The first kappa shape index (κ1) is 20.8. The molecule has 1 saturated heterocycles. The highest BCUT2D eigenvalue weighted by molar-refractivity contribution is 6.44. The lowest BCUT2D eigenvalue weighted by atomic mass is 10.1. The molecule has 0 aromatic heterocycles. The maximum absolute atomic E-state index is 13.0. The Bertz CT molecular complexity index is 950. The van der Waals surface area contributed by atoms with E-state index < -0.39 is 6.10 Å². The molecule has 2 heterocycles. The molecule has 0 radical (unpaired) electrons. The predicted molar refractivity (Wildman–Crippen MR) is 116 cm³/mol. The van der Waals surface area contributed by atoms with Gasteiger partial charge in [0.2, 0.25) is 5.91 Å². The van der Waals surface area contributed by atoms with Gasteiger partial charge in [0.05, 0.1) is 47.7 Å². The fraction of sp³-hybridized carbons (Fsp3) is 0.333. The zero-order valence-corrected chi connectivity index (χ0v) is 17.7. The van der Waals surface area contributed by atoms with Crippen LogP contribution in [-0.4, -0.2) is 62.2 Å². The summed E-state index contributed by atoms with van der Waals surface area (Å²) in [6.45, 7) is 2.41. The summed E-state index contributed by atoms with van der Waals surface area (Å²) in [7, 11) is 0. The third-order valence-corrected chi connectivity index (χ3v) is 5.84. The smallest absolute Gasteiger partial charge is 0.265 e. The van der Waals surface area contributed by atoms with E-state index in [0.29, 0.717) is 42.8 Å². The molecule has 0 saturated carbocycles. The highest BCUT2D eigenvalue weighted by Gasteiger charge is 2.34. The topological polar surface area (TPSA) is 71.1 Å². The second-order valence-corrected chi connectivity index (χ2v) is 7.83. The lowest BCUT2D eigenvalue weighted by Crippen LogP contribution is -2.53. The van der Waals surface area contributed by atoms with Crippen molar-refractivity contribution in [3.8, 4) is 5.75 Å². The van der Waals surface area contributed by atoms with Gasteiger partial charge in [-0.15, -0.1) is 0 Å². The third-order valence-electron chi connectivity index (χ3n) is 5.02. The molecule has 1 unspecified atom stereocenters. The van der Waals surface area contributed by atoms with Crippen molar-refractivity contribution in [2.45, 2.75) is 6.10 Å². The second kappa shape index (κ2) is 9.12. The largest absolute Gasteiger partial charge is 0.477 e. The van der Waals surface area contributed by atoms with Crippen LogP contribution in [-0.2, 0) is 14.3 Å². The molecule has 30 heavy (non-hydrogen) atoms. The van der Waals surface area contributed by atoms with E-state index in [2.05, 4.69) is 5.32 Å². The van der Waals surface area contributed by atoms with Crippen LogP contribution in [0.3, 0.4) is 0 Å². The van der Waals surface area contributed by atoms with Crippen molar-refractivity contribution in [1.29, 1.82) is 0 Å². The first-order valence-corrected chi connectivity index (χ1v) is 10.4. The minimum Gasteiger partial charge on any atom is -0.477 e. The Kier molecular flexibility index (Phi) is 6.32. The number of benzene rings is 2. The summed E-state index contributed by atoms with van der Waals surface area (Å²) >= 11 is 12.2. The number of rotatable bonds is 4. The summed E-state index contributed by atoms with van der Waals surface area (Å²) in [6.07, 6.45) is -0.694. The monoisotopic (exact) mass is 449 g/mol. The molecule has 1 atom stereocenters. The number of carbonyl (C=O) groups is 2. The number of ether oxygens (including phenoxy) is 2. The predicted octanol–water partition coefficient (Wildman–Crippen LogP) is 3.06. The number of nitrogens with zero attached hydrogens (tertiary/aromatic N) is 2. The highest BCUT2D eigenvalue weighted by Crippen LogP contribution is 2.34. The summed E-state index contributed by atoms with van der Waals surface area (Å²) in [6, 6.07) is 12.4. The average Bonchev–Trinajstić information content (AvgIpc) is 2.77. The van der Waals surface area contributed by atoms with Crippen LogP contribution in [0.1, 0.15) is 0 Å². The number of hydrogen-bond donors (Lipinski definition) is 1. The van der Waals surface area contributed by atoms with Gasteiger partial charge < -0.3 is 24.6 Å². The molecular formula is C21H21Cl2N3O4. The molecule has 9 heteroatoms. The molecule has 1 N–H and O–H groups in total. The fourth-order valence-electron chi connectivity index (χ4n) is 3.54. The van der Waals surface area contributed by atoms with E-state index in [1.807, 2.05) is 23.1 Å². The minimum absolute atomic E-state index is 0.0378. The van der Waals surface area contributed by atoms with Gasteiger partial charge in [0.1, 0.15) is 5.75 Å². The Morgan fingerprint density at radius 1 is 1.07 bits per heavy atom. The molecule has 2 aliphatic rings. The zero-order valence-electron chi connectivity index (χ0n) is 16.1. The van der Waals surface area contributed by atoms with Crippen LogP contribution in [0.5, 0.6) is 5.75 Å². The summed E-state index contributed by atoms with van der Waals surface area (Å²) in [5.41, 5.74) is 1.20. The van der Waals surface area contributed by atoms with Gasteiger partial charge in [0.25, 0.3) is 5.91 Å². The molecule has 2 aliphatic heterocycles. The Morgan fingerprint density at radius 2 is 1.83 bits per heavy atom. The van der Waals surface area contributed by atoms with E-state index in [0.717, 1.165) is 5.69 Å². The zero-order chi connectivity index (χ0) is 21.1. The molecular weight excluding hydrogens is 429 g/mol. The second-order valence-electron chi connectivity index (χ2n) is 7.04. The van der Waals surface area contributed by atoms with E-state index in [1.165, 1.54) is 0 Å². The van der Waals surface area contributed by atoms with Crippen LogP contribution >= 0.6 is 23.2 Å². The highest BCUT2D eigenvalue weighted by atomic mass is 35.5. The van der Waals surface area contributed by atoms with Crippen molar-refractivity contribution >= 4 is 46.4 Å². The fourth-order valence-corrected chi connectivity index (χ4v) is 3.88. The van der Waals surface area contributed by atoms with Crippen LogP contribution in [0.4, 0.5) is 11.4 Å². The van der Waals surface area contributed by atoms with E-state index in [-0.39, 0.29) is 29.9 Å². The van der Waals surface area contributed by atoms with Gasteiger partial charge in [-0.3, -0.25) is 9.59 Å². The van der Waals surface area contributed by atoms with Crippen molar-refractivity contribution in [3.05, 3.63) is 52.5 Å². The van der Waals surface area contributed by atoms with Crippen molar-refractivity contribution in [1.82, 2.24) is 4.90 Å². The Morgan fingerprint density at radius 3 is 2.63 bits per heavy atom. The van der Waals surface area contributed by atoms with Gasteiger partial charge in [-0.25, -0.2) is 0 Å². The number of carbonyl (C=O) groups excluding carboxylic acids is 2. The van der Waals surface area contributed by atoms with Crippen molar-refractivity contribution in [3.63, 3.8) is 0 Å². The number of amides is 2. The normalized spacial score (nSPS) is 18.4. The Labute approximate surface area is 184 Å². The first-order valence-electron chi connectivity index (χ1n) is 9.64. The average molecular weight is 450 g/mol. The lowest BCUT2D eigenvalue weighted by Gasteiger charge is -2.38. The van der Waals surface area contributed by atoms with Crippen LogP contribution in [0.15, 0.2) is 42.5 Å². The third kappa shape index (κ3) is 4.48. The maximum atomic E-state index is 13.0. The quantitative estimate of drug-likeness (QED) is 0.776. The van der Waals surface area contributed by atoms with Gasteiger partial charge in [0.15, 0.2) is 6.10 Å². The molecule has 1 fully saturated rings. The van der Waals surface area contributed by atoms with E-state index in [1.54, 1.807) is 29.2 Å². The van der Waals surface area contributed by atoms with Gasteiger partial charge in [-0.2, -0.15) is 0 Å². The first-order chi connectivity index (χ1) is 14.5. The lowest BCUT2D eigenvalue weighted by molar-refractivity contribution is -0.142. The van der Waals surface area contributed by atoms with Gasteiger partial charge >= 0.3 is 0 Å². The summed E-state index contributed by atoms with van der Waals surface area (Å²) in [4.78, 5) is 29.3. The van der Waals surface area contributed by atoms with Crippen LogP contribution < -0.4 is 15.0 Å². The van der Waals surface area contributed by atoms with Crippen LogP contribution in [0.25, 0.3) is 0 Å². The Hall–Kier alpha value is -2.48. The molecule has 0 aliphatic carbocycles. The maximum Gasteiger partial charge on any atom is 0.265 e. The summed E-state index contributed by atoms with van der Waals surface area (Å²) < 4.78 is 11.3. The number of halogens is 2. The minimum atomic E-state index is -0.694. The molecule has 2 aromatic carbocycles. The molecule has 2 amide bonds. The van der Waals surface area contributed by atoms with Gasteiger partial charge in [-0.1, -0.05) is 41.4 Å². The van der Waals surface area contributed by atoms with Crippen molar-refractivity contribution < 1.29 is 19.1 Å². The van der Waals surface area contributed by atoms with Crippen molar-refractivity contribution in [2.24, 2.45) is 0 Å². The standard InChI is InChI=1S/C21H21Cl2N3O4/c22-14-4-3-5-15(20(14)23)24-19(27)13-26-12-18(21(28)25-8-10-29-11-9-25)30-17-7-2-1-6-16(17)26/h1-7,18H,8-13H2,(H,24,27). The number of fused-ring (bicyclic) bond motifs is 1. The SMILES string of the molecule is O=C(CN1CC(C(=O)N2CCOCC2)Oc2ccccc21)Nc1cccc(Cl)c1Cl. The van der Waals surface area contributed by atoms with Crippen LogP contribution in [0.2, 0.25) is 10.0 Å². The van der Waals surface area contributed by atoms with Crippen LogP contribution in [0, 0.1) is 0 Å². The molecule has 158 valence electrons. The number of para-hydroxylation sites is 2. The number of morpholine rings is 1. The van der Waals surface area contributed by atoms with E-state index >= 15 is 0 Å². The molecule has 7 nitrogen and oxygen atoms in total. The van der Waals surface area contributed by atoms with E-state index in [9.17, 15) is 9.59 Å². The number of nitrogens with one attached hydrogen (secondary N) is 1. The molecule has 4 rings (SSSR count). The summed E-state index contributed by atoms with van der Waals surface area (Å²) in [5.74, 6) is 0.202. The number of anilines is 2. The van der Waals surface area contributed by atoms with Gasteiger partial charge in [0, 0.05) is 13.1 Å². The van der Waals surface area contributed by atoms with Gasteiger partial charge in [-0.05, 0) is 24.3 Å². The molecule has 0 bridgehead atoms. The Balaban J connectivity index is 1.50. The van der Waals surface area contributed by atoms with Crippen molar-refractivity contribution in [2.75, 3.05) is 49.6 Å².